The van der Waals surface area contributed by atoms with Crippen LogP contribution < -0.4 is 0 Å². The quantitative estimate of drug-likeness (QED) is 0.817. The summed E-state index contributed by atoms with van der Waals surface area (Å²) in [5, 5.41) is 18.2. The van der Waals surface area contributed by atoms with Gasteiger partial charge in [-0.05, 0) is 6.07 Å². The number of cyclic esters (lactones) is 1. The van der Waals surface area contributed by atoms with Gasteiger partial charge < -0.3 is 14.9 Å². The lowest BCUT2D eigenvalue weighted by Crippen LogP contribution is -2.30. The molecule has 1 atom stereocenters. The molecule has 1 amide bonds. The number of benzene rings is 1. The third kappa shape index (κ3) is 2.30. The smallest absolute Gasteiger partial charge is 0.411 e. The number of amides is 1. The van der Waals surface area contributed by atoms with Crippen molar-refractivity contribution < 1.29 is 24.5 Å². The molecule has 1 aromatic rings. The minimum atomic E-state index is -1.10. The lowest BCUT2D eigenvalue weighted by Gasteiger charge is -2.10. The molecule has 1 saturated heterocycles. The van der Waals surface area contributed by atoms with Gasteiger partial charge in [-0.2, -0.15) is 0 Å². The Bertz CT molecular complexity index is 459. The number of aromatic hydroxyl groups is 1. The van der Waals surface area contributed by atoms with Crippen molar-refractivity contribution in [3.63, 3.8) is 0 Å². The van der Waals surface area contributed by atoms with Crippen LogP contribution in [0.2, 0.25) is 0 Å². The van der Waals surface area contributed by atoms with Crippen LogP contribution in [-0.4, -0.2) is 40.3 Å². The fraction of sp³-hybridized carbons (Fsp3) is 0.273. The first-order chi connectivity index (χ1) is 8.08. The van der Waals surface area contributed by atoms with Crippen molar-refractivity contribution >= 4 is 12.1 Å². The van der Waals surface area contributed by atoms with E-state index >= 15 is 0 Å². The SMILES string of the molecule is O=C(O)CN1CC(c2ccccc2O)OC1=O. The zero-order chi connectivity index (χ0) is 12.4. The van der Waals surface area contributed by atoms with E-state index in [9.17, 15) is 14.7 Å². The van der Waals surface area contributed by atoms with Crippen LogP contribution in [0.4, 0.5) is 4.79 Å². The second-order valence-electron chi connectivity index (χ2n) is 3.71. The Morgan fingerprint density at radius 3 is 2.82 bits per heavy atom. The van der Waals surface area contributed by atoms with E-state index in [0.717, 1.165) is 4.90 Å². The molecule has 6 heteroatoms. The van der Waals surface area contributed by atoms with Gasteiger partial charge >= 0.3 is 12.1 Å². The highest BCUT2D eigenvalue weighted by Gasteiger charge is 2.34. The average Bonchev–Trinajstić information content (AvgIpc) is 2.60. The molecule has 1 aliphatic rings. The largest absolute Gasteiger partial charge is 0.508 e. The molecule has 90 valence electrons. The van der Waals surface area contributed by atoms with Gasteiger partial charge in [0.15, 0.2) is 0 Å². The van der Waals surface area contributed by atoms with Crippen molar-refractivity contribution in [2.75, 3.05) is 13.1 Å². The Hall–Kier alpha value is -2.24. The molecule has 6 nitrogen and oxygen atoms in total. The van der Waals surface area contributed by atoms with Gasteiger partial charge in [-0.3, -0.25) is 9.69 Å². The van der Waals surface area contributed by atoms with Crippen LogP contribution in [0.5, 0.6) is 5.75 Å². The summed E-state index contributed by atoms with van der Waals surface area (Å²) < 4.78 is 5.01. The van der Waals surface area contributed by atoms with Gasteiger partial charge in [-0.1, -0.05) is 18.2 Å². The molecule has 1 unspecified atom stereocenters. The molecular formula is C11H11NO5. The van der Waals surface area contributed by atoms with Gasteiger partial charge in [0.1, 0.15) is 18.4 Å². The van der Waals surface area contributed by atoms with E-state index in [0.29, 0.717) is 5.56 Å². The fourth-order valence-electron chi connectivity index (χ4n) is 1.72. The van der Waals surface area contributed by atoms with Gasteiger partial charge in [-0.25, -0.2) is 4.79 Å². The van der Waals surface area contributed by atoms with Crippen LogP contribution in [0, 0.1) is 0 Å². The summed E-state index contributed by atoms with van der Waals surface area (Å²) in [7, 11) is 0. The lowest BCUT2D eigenvalue weighted by molar-refractivity contribution is -0.137. The first-order valence-corrected chi connectivity index (χ1v) is 5.03. The summed E-state index contributed by atoms with van der Waals surface area (Å²) in [6.45, 7) is -0.272. The maximum atomic E-state index is 11.4. The lowest BCUT2D eigenvalue weighted by atomic mass is 10.1. The van der Waals surface area contributed by atoms with E-state index in [-0.39, 0.29) is 12.3 Å². The standard InChI is InChI=1S/C11H11NO5/c13-8-4-2-1-3-7(8)9-5-12(6-10(14)15)11(16)17-9/h1-4,9,13H,5-6H2,(H,14,15). The molecule has 1 heterocycles. The molecule has 0 saturated carbocycles. The van der Waals surface area contributed by atoms with E-state index in [4.69, 9.17) is 9.84 Å². The number of hydrogen-bond acceptors (Lipinski definition) is 4. The van der Waals surface area contributed by atoms with Crippen molar-refractivity contribution in [3.8, 4) is 5.75 Å². The van der Waals surface area contributed by atoms with Crippen LogP contribution in [0.3, 0.4) is 0 Å². The number of phenolic OH excluding ortho intramolecular Hbond substituents is 1. The maximum Gasteiger partial charge on any atom is 0.411 e. The first-order valence-electron chi connectivity index (χ1n) is 5.03. The average molecular weight is 237 g/mol. The molecule has 0 aliphatic carbocycles. The molecule has 0 spiro atoms. The third-order valence-electron chi connectivity index (χ3n) is 2.50. The van der Waals surface area contributed by atoms with E-state index in [1.165, 1.54) is 6.07 Å². The molecule has 1 aliphatic heterocycles. The van der Waals surface area contributed by atoms with Gasteiger partial charge in [0.2, 0.25) is 0 Å². The minimum absolute atomic E-state index is 0.0301. The highest BCUT2D eigenvalue weighted by molar-refractivity contribution is 5.78. The Morgan fingerprint density at radius 1 is 1.47 bits per heavy atom. The van der Waals surface area contributed by atoms with Crippen LogP contribution in [-0.2, 0) is 9.53 Å². The number of rotatable bonds is 3. The number of carboxylic acid groups (broad SMARTS) is 1. The molecule has 2 N–H and O–H groups in total. The van der Waals surface area contributed by atoms with E-state index < -0.39 is 24.7 Å². The van der Waals surface area contributed by atoms with Crippen molar-refractivity contribution in [2.24, 2.45) is 0 Å². The molecule has 1 fully saturated rings. The fourth-order valence-corrected chi connectivity index (χ4v) is 1.72. The van der Waals surface area contributed by atoms with Crippen LogP contribution in [0.25, 0.3) is 0 Å². The number of hydrogen-bond donors (Lipinski definition) is 2. The predicted molar refractivity (Wildman–Crippen MR) is 56.5 cm³/mol. The zero-order valence-corrected chi connectivity index (χ0v) is 8.87. The second kappa shape index (κ2) is 4.32. The van der Waals surface area contributed by atoms with Gasteiger partial charge in [-0.15, -0.1) is 0 Å². The zero-order valence-electron chi connectivity index (χ0n) is 8.87. The van der Waals surface area contributed by atoms with E-state index in [2.05, 4.69) is 0 Å². The van der Waals surface area contributed by atoms with Gasteiger partial charge in [0.25, 0.3) is 0 Å². The van der Waals surface area contributed by atoms with Crippen LogP contribution in [0.15, 0.2) is 24.3 Å². The number of para-hydroxylation sites is 1. The minimum Gasteiger partial charge on any atom is -0.508 e. The number of ether oxygens (including phenoxy) is 1. The number of carboxylic acids is 1. The summed E-state index contributed by atoms with van der Waals surface area (Å²) in [4.78, 5) is 23.0. The number of nitrogens with zero attached hydrogens (tertiary/aromatic N) is 1. The Balaban J connectivity index is 2.14. The Morgan fingerprint density at radius 2 is 2.18 bits per heavy atom. The topological polar surface area (TPSA) is 87.1 Å². The molecule has 0 radical (unpaired) electrons. The highest BCUT2D eigenvalue weighted by atomic mass is 16.6. The summed E-state index contributed by atoms with van der Waals surface area (Å²) >= 11 is 0. The van der Waals surface area contributed by atoms with Gasteiger partial charge in [0, 0.05) is 5.56 Å². The predicted octanol–water partition coefficient (Wildman–Crippen LogP) is 0.970. The number of aliphatic carboxylic acids is 1. The van der Waals surface area contributed by atoms with Crippen molar-refractivity contribution in [3.05, 3.63) is 29.8 Å². The van der Waals surface area contributed by atoms with Crippen molar-refractivity contribution in [2.45, 2.75) is 6.10 Å². The number of carbonyl (C=O) groups is 2. The first kappa shape index (κ1) is 11.3. The third-order valence-corrected chi connectivity index (χ3v) is 2.50. The highest BCUT2D eigenvalue weighted by Crippen LogP contribution is 2.31. The van der Waals surface area contributed by atoms with E-state index in [1.54, 1.807) is 18.2 Å². The molecule has 0 bridgehead atoms. The van der Waals surface area contributed by atoms with Crippen molar-refractivity contribution in [1.29, 1.82) is 0 Å². The van der Waals surface area contributed by atoms with Crippen LogP contribution in [0.1, 0.15) is 11.7 Å². The molecule has 17 heavy (non-hydrogen) atoms. The normalized spacial score (nSPS) is 19.2. The summed E-state index contributed by atoms with van der Waals surface area (Å²) in [6.07, 6.45) is -1.30. The second-order valence-corrected chi connectivity index (χ2v) is 3.71. The van der Waals surface area contributed by atoms with Gasteiger partial charge in [0.05, 0.1) is 6.54 Å². The van der Waals surface area contributed by atoms with Crippen LogP contribution >= 0.6 is 0 Å². The maximum absolute atomic E-state index is 11.4. The van der Waals surface area contributed by atoms with E-state index in [1.807, 2.05) is 0 Å². The molecule has 0 aromatic heterocycles. The monoisotopic (exact) mass is 237 g/mol. The molecule has 2 rings (SSSR count). The summed E-state index contributed by atoms with van der Waals surface area (Å²) in [5.74, 6) is -1.07. The number of phenols is 1. The molecule has 1 aromatic carbocycles. The summed E-state index contributed by atoms with van der Waals surface area (Å²) in [6, 6.07) is 6.49. The summed E-state index contributed by atoms with van der Waals surface area (Å²) in [5.41, 5.74) is 0.480. The Labute approximate surface area is 97.0 Å². The number of carbonyl (C=O) groups excluding carboxylic acids is 1. The molecular weight excluding hydrogens is 226 g/mol. The Kier molecular flexibility index (Phi) is 2.86. The van der Waals surface area contributed by atoms with Crippen molar-refractivity contribution in [1.82, 2.24) is 4.90 Å².